The van der Waals surface area contributed by atoms with Crippen molar-refractivity contribution in [1.29, 1.82) is 0 Å². The van der Waals surface area contributed by atoms with Crippen molar-refractivity contribution in [3.8, 4) is 0 Å². The molecule has 0 amide bonds. The maximum absolute atomic E-state index is 10.7. The van der Waals surface area contributed by atoms with Gasteiger partial charge in [-0.2, -0.15) is 0 Å². The molecule has 0 aliphatic carbocycles. The molecule has 4 heteroatoms. The van der Waals surface area contributed by atoms with Crippen LogP contribution in [0.15, 0.2) is 16.1 Å². The Labute approximate surface area is 101 Å². The second-order valence-electron chi connectivity index (χ2n) is 3.19. The average molecular weight is 294 g/mol. The van der Waals surface area contributed by atoms with E-state index in [-0.39, 0.29) is 5.92 Å². The van der Waals surface area contributed by atoms with E-state index in [4.69, 9.17) is 11.6 Å². The molecule has 76 valence electrons. The minimum absolute atomic E-state index is 0.243. The summed E-state index contributed by atoms with van der Waals surface area (Å²) in [6, 6.07) is 1.92. The Morgan fingerprint density at radius 3 is 2.64 bits per heavy atom. The molecule has 1 aromatic heterocycles. The third-order valence-electron chi connectivity index (χ3n) is 1.78. The molecular weight excluding hydrogens is 284 g/mol. The van der Waals surface area contributed by atoms with Crippen LogP contribution in [0, 0.1) is 5.92 Å². The van der Waals surface area contributed by atoms with Crippen LogP contribution in [-0.4, -0.2) is 6.29 Å². The van der Waals surface area contributed by atoms with E-state index in [0.29, 0.717) is 4.34 Å². The first-order valence-electron chi connectivity index (χ1n) is 4.16. The first-order chi connectivity index (χ1) is 6.54. The molecule has 0 aliphatic heterocycles. The van der Waals surface area contributed by atoms with Crippen LogP contribution in [0.3, 0.4) is 0 Å². The number of aldehydes is 1. The van der Waals surface area contributed by atoms with Gasteiger partial charge in [-0.25, -0.2) is 0 Å². The first kappa shape index (κ1) is 12.0. The van der Waals surface area contributed by atoms with Crippen LogP contribution < -0.4 is 0 Å². The van der Waals surface area contributed by atoms with Gasteiger partial charge in [-0.05, 0) is 39.6 Å². The van der Waals surface area contributed by atoms with Crippen LogP contribution >= 0.6 is 38.9 Å². The van der Waals surface area contributed by atoms with E-state index in [1.165, 1.54) is 11.3 Å². The van der Waals surface area contributed by atoms with Crippen LogP contribution in [0.25, 0.3) is 6.08 Å². The highest BCUT2D eigenvalue weighted by atomic mass is 79.9. The van der Waals surface area contributed by atoms with Gasteiger partial charge in [0.25, 0.3) is 0 Å². The molecule has 0 atom stereocenters. The molecule has 14 heavy (non-hydrogen) atoms. The predicted molar refractivity (Wildman–Crippen MR) is 65.9 cm³/mol. The van der Waals surface area contributed by atoms with Crippen molar-refractivity contribution in [2.24, 2.45) is 5.92 Å². The lowest BCUT2D eigenvalue weighted by Gasteiger charge is -2.01. The summed E-state index contributed by atoms with van der Waals surface area (Å²) >= 11 is 10.7. The lowest BCUT2D eigenvalue weighted by atomic mass is 10.0. The van der Waals surface area contributed by atoms with Gasteiger partial charge in [0.15, 0.2) is 0 Å². The summed E-state index contributed by atoms with van der Waals surface area (Å²) in [5.41, 5.74) is 0.787. The van der Waals surface area contributed by atoms with E-state index in [9.17, 15) is 4.79 Å². The molecule has 0 saturated heterocycles. The number of carbonyl (C=O) groups excluding carboxylic acids is 1. The third-order valence-corrected chi connectivity index (χ3v) is 4.20. The van der Waals surface area contributed by atoms with Gasteiger partial charge in [0.1, 0.15) is 10.6 Å². The van der Waals surface area contributed by atoms with Gasteiger partial charge in [0.2, 0.25) is 0 Å². The molecule has 1 heterocycles. The van der Waals surface area contributed by atoms with Crippen LogP contribution in [0.5, 0.6) is 0 Å². The summed E-state index contributed by atoms with van der Waals surface area (Å²) in [7, 11) is 0. The summed E-state index contributed by atoms with van der Waals surface area (Å²) in [4.78, 5) is 11.7. The molecule has 0 aromatic carbocycles. The average Bonchev–Trinajstić information content (AvgIpc) is 2.41. The van der Waals surface area contributed by atoms with E-state index in [0.717, 1.165) is 21.2 Å². The maximum atomic E-state index is 10.7. The number of hydrogen-bond acceptors (Lipinski definition) is 2. The Morgan fingerprint density at radius 1 is 1.64 bits per heavy atom. The molecule has 0 bridgehead atoms. The van der Waals surface area contributed by atoms with E-state index in [1.54, 1.807) is 0 Å². The van der Waals surface area contributed by atoms with Crippen LogP contribution in [0.4, 0.5) is 0 Å². The minimum Gasteiger partial charge on any atom is -0.298 e. The highest BCUT2D eigenvalue weighted by Crippen LogP contribution is 2.33. The van der Waals surface area contributed by atoms with Crippen molar-refractivity contribution in [3.63, 3.8) is 0 Å². The summed E-state index contributed by atoms with van der Waals surface area (Å²) in [6.45, 7) is 3.98. The number of allylic oxidation sites excluding steroid dienone is 1. The van der Waals surface area contributed by atoms with Gasteiger partial charge in [-0.15, -0.1) is 11.3 Å². The van der Waals surface area contributed by atoms with Crippen molar-refractivity contribution in [2.45, 2.75) is 13.8 Å². The van der Waals surface area contributed by atoms with Crippen LogP contribution in [0.2, 0.25) is 4.34 Å². The lowest BCUT2D eigenvalue weighted by Crippen LogP contribution is -1.93. The molecule has 0 aliphatic rings. The Hall–Kier alpha value is -0.120. The largest absolute Gasteiger partial charge is 0.298 e. The van der Waals surface area contributed by atoms with E-state index in [2.05, 4.69) is 15.9 Å². The molecule has 0 N–H and O–H groups in total. The quantitative estimate of drug-likeness (QED) is 0.596. The molecule has 0 spiro atoms. The minimum atomic E-state index is 0.243. The third kappa shape index (κ3) is 2.94. The Morgan fingerprint density at radius 2 is 2.29 bits per heavy atom. The van der Waals surface area contributed by atoms with Crippen molar-refractivity contribution in [2.75, 3.05) is 0 Å². The highest BCUT2D eigenvalue weighted by Gasteiger charge is 2.05. The summed E-state index contributed by atoms with van der Waals surface area (Å²) in [5, 5.41) is 0. The van der Waals surface area contributed by atoms with Crippen molar-refractivity contribution >= 4 is 51.2 Å². The predicted octanol–water partition coefficient (Wildman–Crippen LogP) is 4.40. The summed E-state index contributed by atoms with van der Waals surface area (Å²) < 4.78 is 1.59. The molecule has 1 rings (SSSR count). The number of rotatable bonds is 3. The second kappa shape index (κ2) is 5.10. The topological polar surface area (TPSA) is 17.1 Å². The molecule has 0 fully saturated rings. The van der Waals surface area contributed by atoms with Gasteiger partial charge >= 0.3 is 0 Å². The summed E-state index contributed by atoms with van der Waals surface area (Å²) in [6.07, 6.45) is 2.77. The fourth-order valence-corrected chi connectivity index (χ4v) is 2.63. The number of halogens is 2. The fraction of sp³-hybridized carbons (Fsp3) is 0.300. The molecule has 0 radical (unpaired) electrons. The molecule has 1 aromatic rings. The number of carbonyl (C=O) groups is 1. The monoisotopic (exact) mass is 292 g/mol. The maximum Gasteiger partial charge on any atom is 0.146 e. The van der Waals surface area contributed by atoms with E-state index in [1.807, 2.05) is 26.0 Å². The molecule has 0 unspecified atom stereocenters. The smallest absolute Gasteiger partial charge is 0.146 e. The summed E-state index contributed by atoms with van der Waals surface area (Å²) in [5.74, 6) is 0.243. The van der Waals surface area contributed by atoms with Gasteiger partial charge < -0.3 is 0 Å². The van der Waals surface area contributed by atoms with Crippen molar-refractivity contribution in [3.05, 3.63) is 25.3 Å². The standard InChI is InChI=1S/C10H10BrClOS/c1-6(2)7(5-13)3-8-4-9(11)10(12)14-8/h3-6H,1-2H3. The zero-order chi connectivity index (χ0) is 10.7. The zero-order valence-electron chi connectivity index (χ0n) is 7.88. The lowest BCUT2D eigenvalue weighted by molar-refractivity contribution is -0.105. The Bertz CT molecular complexity index is 349. The van der Waals surface area contributed by atoms with Crippen LogP contribution in [0.1, 0.15) is 18.7 Å². The van der Waals surface area contributed by atoms with Gasteiger partial charge in [0, 0.05) is 9.35 Å². The Kier molecular flexibility index (Phi) is 4.35. The number of hydrogen-bond donors (Lipinski definition) is 0. The fourth-order valence-electron chi connectivity index (χ4n) is 0.935. The molecular formula is C10H10BrClOS. The SMILES string of the molecule is CC(C)C(C=O)=Cc1cc(Br)c(Cl)s1. The molecule has 0 saturated carbocycles. The Balaban J connectivity index is 3.00. The molecule has 1 nitrogen and oxygen atoms in total. The van der Waals surface area contributed by atoms with E-state index >= 15 is 0 Å². The van der Waals surface area contributed by atoms with Crippen LogP contribution in [-0.2, 0) is 4.79 Å². The first-order valence-corrected chi connectivity index (χ1v) is 6.15. The normalized spacial score (nSPS) is 12.2. The van der Waals surface area contributed by atoms with Gasteiger partial charge in [-0.1, -0.05) is 25.4 Å². The highest BCUT2D eigenvalue weighted by molar-refractivity contribution is 9.10. The van der Waals surface area contributed by atoms with Crippen molar-refractivity contribution in [1.82, 2.24) is 0 Å². The zero-order valence-corrected chi connectivity index (χ0v) is 11.0. The van der Waals surface area contributed by atoms with Gasteiger partial charge in [0.05, 0.1) is 0 Å². The van der Waals surface area contributed by atoms with Crippen molar-refractivity contribution < 1.29 is 4.79 Å². The van der Waals surface area contributed by atoms with Gasteiger partial charge in [-0.3, -0.25) is 4.79 Å². The number of thiophene rings is 1. The second-order valence-corrected chi connectivity index (χ2v) is 5.73. The van der Waals surface area contributed by atoms with E-state index < -0.39 is 0 Å².